The molecule has 0 spiro atoms. The molecule has 1 N–H and O–H groups in total. The zero-order valence-corrected chi connectivity index (χ0v) is 13.2. The van der Waals surface area contributed by atoms with Gasteiger partial charge < -0.3 is 5.11 Å². The Morgan fingerprint density at radius 2 is 1.82 bits per heavy atom. The monoisotopic (exact) mass is 298 g/mol. The number of hydrogen-bond acceptors (Lipinski definition) is 1. The van der Waals surface area contributed by atoms with E-state index in [1.54, 1.807) is 0 Å². The highest BCUT2D eigenvalue weighted by Gasteiger charge is 2.66. The number of carboxylic acid groups (broad SMARTS) is 1. The molecule has 0 aromatic heterocycles. The van der Waals surface area contributed by atoms with Gasteiger partial charge in [-0.05, 0) is 97.7 Å². The van der Waals surface area contributed by atoms with Crippen molar-refractivity contribution in [3.8, 4) is 0 Å². The van der Waals surface area contributed by atoms with Crippen molar-refractivity contribution in [2.45, 2.75) is 44.9 Å². The van der Waals surface area contributed by atoms with Crippen molar-refractivity contribution in [1.82, 2.24) is 0 Å². The van der Waals surface area contributed by atoms with Crippen LogP contribution < -0.4 is 0 Å². The van der Waals surface area contributed by atoms with Crippen molar-refractivity contribution < 1.29 is 9.90 Å². The Morgan fingerprint density at radius 3 is 2.59 bits per heavy atom. The van der Waals surface area contributed by atoms with E-state index in [4.69, 9.17) is 0 Å². The number of fused-ring (bicyclic) bond motifs is 11. The Labute approximate surface area is 132 Å². The number of carbonyl (C=O) groups is 1. The van der Waals surface area contributed by atoms with Gasteiger partial charge in [0.2, 0.25) is 0 Å². The van der Waals surface area contributed by atoms with Crippen LogP contribution in [0.25, 0.3) is 0 Å². The molecule has 0 aliphatic heterocycles. The smallest absolute Gasteiger partial charge is 0.307 e. The summed E-state index contributed by atoms with van der Waals surface area (Å²) in [6.45, 7) is 0. The minimum absolute atomic E-state index is 0.0834. The van der Waals surface area contributed by atoms with Crippen LogP contribution >= 0.6 is 0 Å². The standard InChI is InChI=1S/C20H26O2/c21-19(22)15-9-20(4-3-12(15)8-20)16-7-13-6-14(16)18-11-2-1-10(5-11)17(13)18/h3-4,10-18H,1-2,5-9H2,(H,21,22). The van der Waals surface area contributed by atoms with Gasteiger partial charge in [0.25, 0.3) is 0 Å². The van der Waals surface area contributed by atoms with Gasteiger partial charge in [0.05, 0.1) is 5.92 Å². The zero-order chi connectivity index (χ0) is 14.6. The second-order valence-corrected chi connectivity index (χ2v) is 9.60. The van der Waals surface area contributed by atoms with E-state index in [1.807, 2.05) is 0 Å². The SMILES string of the molecule is O=C(O)C1CC2(C3CC4CC3C3C5CCC(C5)C43)C=CC1C2. The highest BCUT2D eigenvalue weighted by atomic mass is 16.4. The Bertz CT molecular complexity index is 580. The molecule has 10 atom stereocenters. The first-order chi connectivity index (χ1) is 10.7. The van der Waals surface area contributed by atoms with Gasteiger partial charge in [-0.15, -0.1) is 0 Å². The molecule has 6 rings (SSSR count). The fourth-order valence-electron chi connectivity index (χ4n) is 8.80. The third kappa shape index (κ3) is 1.29. The van der Waals surface area contributed by atoms with Crippen LogP contribution in [0.2, 0.25) is 0 Å². The van der Waals surface area contributed by atoms with Crippen molar-refractivity contribution in [3.63, 3.8) is 0 Å². The second-order valence-electron chi connectivity index (χ2n) is 9.60. The molecule has 5 saturated carbocycles. The Morgan fingerprint density at radius 1 is 1.00 bits per heavy atom. The average Bonchev–Trinajstić information content (AvgIpc) is 3.32. The van der Waals surface area contributed by atoms with Crippen LogP contribution in [0.3, 0.4) is 0 Å². The zero-order valence-electron chi connectivity index (χ0n) is 13.2. The lowest BCUT2D eigenvalue weighted by atomic mass is 9.59. The third-order valence-corrected chi connectivity index (χ3v) is 9.20. The fourth-order valence-corrected chi connectivity index (χ4v) is 8.80. The Kier molecular flexibility index (Phi) is 2.19. The number of hydrogen-bond donors (Lipinski definition) is 1. The van der Waals surface area contributed by atoms with Gasteiger partial charge >= 0.3 is 5.97 Å². The summed E-state index contributed by atoms with van der Waals surface area (Å²) in [5, 5.41) is 9.53. The minimum atomic E-state index is -0.544. The fraction of sp³-hybridized carbons (Fsp3) is 0.850. The van der Waals surface area contributed by atoms with E-state index in [1.165, 1.54) is 32.1 Å². The molecule has 0 amide bonds. The van der Waals surface area contributed by atoms with E-state index < -0.39 is 5.97 Å². The van der Waals surface area contributed by atoms with Crippen LogP contribution in [0.1, 0.15) is 44.9 Å². The number of allylic oxidation sites excluding steroid dienone is 2. The molecular formula is C20H26O2. The van der Waals surface area contributed by atoms with E-state index in [-0.39, 0.29) is 11.3 Å². The van der Waals surface area contributed by atoms with Crippen molar-refractivity contribution >= 4 is 5.97 Å². The predicted molar refractivity (Wildman–Crippen MR) is 82.9 cm³/mol. The molecule has 6 aliphatic carbocycles. The molecule has 0 saturated heterocycles. The minimum Gasteiger partial charge on any atom is -0.481 e. The van der Waals surface area contributed by atoms with Crippen LogP contribution in [-0.2, 0) is 4.79 Å². The van der Waals surface area contributed by atoms with Crippen LogP contribution in [0.15, 0.2) is 12.2 Å². The average molecular weight is 298 g/mol. The van der Waals surface area contributed by atoms with Crippen molar-refractivity contribution in [2.24, 2.45) is 58.7 Å². The summed E-state index contributed by atoms with van der Waals surface area (Å²) in [5.74, 6) is 6.71. The molecule has 22 heavy (non-hydrogen) atoms. The Hall–Kier alpha value is -0.790. The first kappa shape index (κ1) is 12.6. The highest BCUT2D eigenvalue weighted by molar-refractivity contribution is 5.72. The van der Waals surface area contributed by atoms with Crippen molar-refractivity contribution in [3.05, 3.63) is 12.2 Å². The number of rotatable bonds is 2. The van der Waals surface area contributed by atoms with Gasteiger partial charge in [-0.3, -0.25) is 4.79 Å². The van der Waals surface area contributed by atoms with E-state index in [0.29, 0.717) is 5.92 Å². The molecule has 10 unspecified atom stereocenters. The number of carboxylic acids is 1. The highest BCUT2D eigenvalue weighted by Crippen LogP contribution is 2.73. The normalized spacial score (nSPS) is 63.0. The molecule has 118 valence electrons. The molecule has 0 aromatic rings. The van der Waals surface area contributed by atoms with E-state index in [2.05, 4.69) is 12.2 Å². The first-order valence-electron chi connectivity index (χ1n) is 9.58. The largest absolute Gasteiger partial charge is 0.481 e. The van der Waals surface area contributed by atoms with Crippen molar-refractivity contribution in [2.75, 3.05) is 0 Å². The Balaban J connectivity index is 1.33. The summed E-state index contributed by atoms with van der Waals surface area (Å²) in [6.07, 6.45) is 14.3. The predicted octanol–water partition coefficient (Wildman–Crippen LogP) is 3.97. The van der Waals surface area contributed by atoms with Crippen LogP contribution in [0.4, 0.5) is 0 Å². The summed E-state index contributed by atoms with van der Waals surface area (Å²) in [5.41, 5.74) is 0.278. The molecule has 2 heteroatoms. The molecule has 2 nitrogen and oxygen atoms in total. The van der Waals surface area contributed by atoms with Crippen LogP contribution in [0, 0.1) is 58.7 Å². The third-order valence-electron chi connectivity index (χ3n) is 9.20. The van der Waals surface area contributed by atoms with Gasteiger partial charge in [-0.25, -0.2) is 0 Å². The van der Waals surface area contributed by atoms with E-state index >= 15 is 0 Å². The quantitative estimate of drug-likeness (QED) is 0.618. The lowest BCUT2D eigenvalue weighted by molar-refractivity contribution is -0.142. The lowest BCUT2D eigenvalue weighted by Gasteiger charge is -2.45. The topological polar surface area (TPSA) is 37.3 Å². The molecular weight excluding hydrogens is 272 g/mol. The first-order valence-corrected chi connectivity index (χ1v) is 9.58. The molecule has 6 aliphatic rings. The van der Waals surface area contributed by atoms with Crippen LogP contribution in [-0.4, -0.2) is 11.1 Å². The van der Waals surface area contributed by atoms with Gasteiger partial charge in [0.1, 0.15) is 0 Å². The molecule has 0 aromatic carbocycles. The van der Waals surface area contributed by atoms with E-state index in [9.17, 15) is 9.90 Å². The van der Waals surface area contributed by atoms with Gasteiger partial charge in [-0.2, -0.15) is 0 Å². The number of aliphatic carboxylic acids is 1. The van der Waals surface area contributed by atoms with Gasteiger partial charge in [-0.1, -0.05) is 12.2 Å². The van der Waals surface area contributed by atoms with Crippen molar-refractivity contribution in [1.29, 1.82) is 0 Å². The second kappa shape index (κ2) is 3.82. The summed E-state index contributed by atoms with van der Waals surface area (Å²) in [4.78, 5) is 11.6. The summed E-state index contributed by atoms with van der Waals surface area (Å²) in [6, 6.07) is 0. The van der Waals surface area contributed by atoms with Gasteiger partial charge in [0, 0.05) is 0 Å². The summed E-state index contributed by atoms with van der Waals surface area (Å²) < 4.78 is 0. The van der Waals surface area contributed by atoms with Crippen LogP contribution in [0.5, 0.6) is 0 Å². The maximum atomic E-state index is 11.6. The summed E-state index contributed by atoms with van der Waals surface area (Å²) in [7, 11) is 0. The maximum Gasteiger partial charge on any atom is 0.307 e. The van der Waals surface area contributed by atoms with Gasteiger partial charge in [0.15, 0.2) is 0 Å². The maximum absolute atomic E-state index is 11.6. The lowest BCUT2D eigenvalue weighted by Crippen LogP contribution is -2.39. The molecule has 5 fully saturated rings. The molecule has 0 radical (unpaired) electrons. The molecule has 6 bridgehead atoms. The molecule has 0 heterocycles. The van der Waals surface area contributed by atoms with E-state index in [0.717, 1.165) is 54.3 Å². The summed E-state index contributed by atoms with van der Waals surface area (Å²) >= 11 is 0.